The number of nitrogens with zero attached hydrogens (tertiary/aromatic N) is 4. The molecule has 90 valence electrons. The Labute approximate surface area is 99.7 Å². The van der Waals surface area contributed by atoms with E-state index in [0.29, 0.717) is 12.4 Å². The molecule has 17 heavy (non-hydrogen) atoms. The molecule has 0 amide bonds. The van der Waals surface area contributed by atoms with Crippen molar-refractivity contribution in [3.63, 3.8) is 0 Å². The van der Waals surface area contributed by atoms with Gasteiger partial charge in [0, 0.05) is 0 Å². The number of hydrogen-bond acceptors (Lipinski definition) is 6. The van der Waals surface area contributed by atoms with E-state index < -0.39 is 0 Å². The Kier molecular flexibility index (Phi) is 6.02. The van der Waals surface area contributed by atoms with Crippen molar-refractivity contribution in [1.29, 1.82) is 0 Å². The maximum atomic E-state index is 5.08. The van der Waals surface area contributed by atoms with Crippen molar-refractivity contribution in [3.8, 4) is 11.5 Å². The standard InChI is InChI=1S/C6H8N2O.C5H6N2O/c1-2-9-6-3-7-5-8-4-6;1-8-5-2-6-4-7-3-5/h3-5H,2H2,1H3;2-4H,1H3. The van der Waals surface area contributed by atoms with Gasteiger partial charge >= 0.3 is 0 Å². The lowest BCUT2D eigenvalue weighted by molar-refractivity contribution is 0.337. The van der Waals surface area contributed by atoms with Crippen LogP contribution < -0.4 is 9.47 Å². The van der Waals surface area contributed by atoms with Gasteiger partial charge in [0.05, 0.1) is 38.5 Å². The van der Waals surface area contributed by atoms with Crippen LogP contribution in [0.3, 0.4) is 0 Å². The van der Waals surface area contributed by atoms with Gasteiger partial charge in [0.15, 0.2) is 11.5 Å². The summed E-state index contributed by atoms with van der Waals surface area (Å²) in [4.78, 5) is 15.0. The second kappa shape index (κ2) is 7.98. The minimum absolute atomic E-state index is 0.660. The normalized spacial score (nSPS) is 8.82. The summed E-state index contributed by atoms with van der Waals surface area (Å²) in [5.74, 6) is 1.41. The van der Waals surface area contributed by atoms with E-state index in [4.69, 9.17) is 9.47 Å². The summed E-state index contributed by atoms with van der Waals surface area (Å²) in [5.41, 5.74) is 0. The van der Waals surface area contributed by atoms with Crippen LogP contribution in [-0.2, 0) is 0 Å². The molecule has 2 rings (SSSR count). The smallest absolute Gasteiger partial charge is 0.155 e. The number of methoxy groups -OCH3 is 1. The van der Waals surface area contributed by atoms with Gasteiger partial charge in [-0.3, -0.25) is 0 Å². The van der Waals surface area contributed by atoms with Crippen molar-refractivity contribution in [2.75, 3.05) is 13.7 Å². The Morgan fingerprint density at radius 2 is 1.35 bits per heavy atom. The van der Waals surface area contributed by atoms with Crippen LogP contribution in [0.1, 0.15) is 6.92 Å². The molecular formula is C11H14N4O2. The highest BCUT2D eigenvalue weighted by Crippen LogP contribution is 2.02. The quantitative estimate of drug-likeness (QED) is 0.798. The molecule has 0 atom stereocenters. The van der Waals surface area contributed by atoms with E-state index in [-0.39, 0.29) is 0 Å². The first-order valence-corrected chi connectivity index (χ1v) is 5.03. The number of rotatable bonds is 3. The van der Waals surface area contributed by atoms with E-state index in [1.165, 1.54) is 12.7 Å². The minimum Gasteiger partial charge on any atom is -0.494 e. The van der Waals surface area contributed by atoms with Gasteiger partial charge in [0.25, 0.3) is 0 Å². The van der Waals surface area contributed by atoms with E-state index in [1.54, 1.807) is 31.9 Å². The topological polar surface area (TPSA) is 70.0 Å². The Balaban J connectivity index is 0.000000171. The van der Waals surface area contributed by atoms with E-state index in [2.05, 4.69) is 19.9 Å². The molecule has 0 aromatic carbocycles. The second-order valence-electron chi connectivity index (χ2n) is 2.79. The zero-order valence-electron chi connectivity index (χ0n) is 9.78. The summed E-state index contributed by atoms with van der Waals surface area (Å²) >= 11 is 0. The number of ether oxygens (including phenoxy) is 2. The molecule has 0 aliphatic rings. The van der Waals surface area contributed by atoms with Gasteiger partial charge in [-0.2, -0.15) is 0 Å². The first kappa shape index (κ1) is 12.8. The van der Waals surface area contributed by atoms with Crippen LogP contribution in [0.25, 0.3) is 0 Å². The molecule has 6 nitrogen and oxygen atoms in total. The van der Waals surface area contributed by atoms with Gasteiger partial charge in [-0.05, 0) is 6.92 Å². The van der Waals surface area contributed by atoms with Crippen molar-refractivity contribution in [1.82, 2.24) is 19.9 Å². The van der Waals surface area contributed by atoms with Crippen LogP contribution in [-0.4, -0.2) is 33.7 Å². The molecule has 0 N–H and O–H groups in total. The molecule has 0 saturated heterocycles. The van der Waals surface area contributed by atoms with E-state index in [9.17, 15) is 0 Å². The predicted octanol–water partition coefficient (Wildman–Crippen LogP) is 1.36. The minimum atomic E-state index is 0.660. The molecule has 0 spiro atoms. The van der Waals surface area contributed by atoms with Gasteiger partial charge in [-0.15, -0.1) is 0 Å². The van der Waals surface area contributed by atoms with E-state index in [0.717, 1.165) is 5.75 Å². The maximum Gasteiger partial charge on any atom is 0.155 e. The molecule has 0 aliphatic carbocycles. The largest absolute Gasteiger partial charge is 0.494 e. The lowest BCUT2D eigenvalue weighted by Gasteiger charge is -1.97. The molecule has 0 bridgehead atoms. The fourth-order valence-corrected chi connectivity index (χ4v) is 0.917. The number of hydrogen-bond donors (Lipinski definition) is 0. The van der Waals surface area contributed by atoms with Gasteiger partial charge in [-0.1, -0.05) is 0 Å². The van der Waals surface area contributed by atoms with E-state index in [1.807, 2.05) is 6.92 Å². The van der Waals surface area contributed by atoms with Gasteiger partial charge in [-0.25, -0.2) is 19.9 Å². The Morgan fingerprint density at radius 3 is 1.71 bits per heavy atom. The Bertz CT molecular complexity index is 397. The zero-order chi connectivity index (χ0) is 12.3. The van der Waals surface area contributed by atoms with Crippen LogP contribution in [0.15, 0.2) is 37.4 Å². The SMILES string of the molecule is CCOc1cncnc1.COc1cncnc1. The second-order valence-corrected chi connectivity index (χ2v) is 2.79. The van der Waals surface area contributed by atoms with Gasteiger partial charge in [0.1, 0.15) is 12.7 Å². The summed E-state index contributed by atoms with van der Waals surface area (Å²) in [6, 6.07) is 0. The summed E-state index contributed by atoms with van der Waals surface area (Å²) in [5, 5.41) is 0. The molecule has 2 aromatic heterocycles. The molecule has 0 saturated carbocycles. The highest BCUT2D eigenvalue weighted by Gasteiger charge is 1.86. The van der Waals surface area contributed by atoms with Crippen LogP contribution >= 0.6 is 0 Å². The molecule has 0 radical (unpaired) electrons. The predicted molar refractivity (Wildman–Crippen MR) is 61.8 cm³/mol. The van der Waals surface area contributed by atoms with E-state index >= 15 is 0 Å². The van der Waals surface area contributed by atoms with Crippen LogP contribution in [0.4, 0.5) is 0 Å². The van der Waals surface area contributed by atoms with Crippen LogP contribution in [0.2, 0.25) is 0 Å². The third-order valence-corrected chi connectivity index (χ3v) is 1.62. The average molecular weight is 234 g/mol. The molecule has 2 aromatic rings. The molecular weight excluding hydrogens is 220 g/mol. The lowest BCUT2D eigenvalue weighted by Crippen LogP contribution is -1.91. The van der Waals surface area contributed by atoms with Crippen molar-refractivity contribution in [3.05, 3.63) is 37.4 Å². The van der Waals surface area contributed by atoms with Gasteiger partial charge < -0.3 is 9.47 Å². The molecule has 0 fully saturated rings. The van der Waals surface area contributed by atoms with Crippen LogP contribution in [0, 0.1) is 0 Å². The Morgan fingerprint density at radius 1 is 0.882 bits per heavy atom. The first-order valence-electron chi connectivity index (χ1n) is 5.03. The monoisotopic (exact) mass is 234 g/mol. The third kappa shape index (κ3) is 5.41. The highest BCUT2D eigenvalue weighted by molar-refractivity contribution is 5.09. The molecule has 6 heteroatoms. The van der Waals surface area contributed by atoms with Gasteiger partial charge in [0.2, 0.25) is 0 Å². The summed E-state index contributed by atoms with van der Waals surface area (Å²) in [6.07, 6.45) is 9.41. The molecule has 2 heterocycles. The highest BCUT2D eigenvalue weighted by atomic mass is 16.5. The first-order chi connectivity index (χ1) is 8.36. The average Bonchev–Trinajstić information content (AvgIpc) is 2.42. The fraction of sp³-hybridized carbons (Fsp3) is 0.273. The summed E-state index contributed by atoms with van der Waals surface area (Å²) < 4.78 is 9.87. The van der Waals surface area contributed by atoms with Crippen molar-refractivity contribution in [2.24, 2.45) is 0 Å². The molecule has 0 unspecified atom stereocenters. The summed E-state index contributed by atoms with van der Waals surface area (Å²) in [7, 11) is 1.58. The number of aromatic nitrogens is 4. The Hall–Kier alpha value is -2.24. The zero-order valence-corrected chi connectivity index (χ0v) is 9.78. The maximum absolute atomic E-state index is 5.08. The van der Waals surface area contributed by atoms with Crippen molar-refractivity contribution in [2.45, 2.75) is 6.92 Å². The molecule has 0 aliphatic heterocycles. The summed E-state index contributed by atoms with van der Waals surface area (Å²) in [6.45, 7) is 2.58. The third-order valence-electron chi connectivity index (χ3n) is 1.62. The lowest BCUT2D eigenvalue weighted by atomic mass is 10.6. The fourth-order valence-electron chi connectivity index (χ4n) is 0.917. The van der Waals surface area contributed by atoms with Crippen molar-refractivity contribution < 1.29 is 9.47 Å². The van der Waals surface area contributed by atoms with Crippen molar-refractivity contribution >= 4 is 0 Å². The van der Waals surface area contributed by atoms with Crippen LogP contribution in [0.5, 0.6) is 11.5 Å².